The number of ether oxygens (including phenoxy) is 1. The third-order valence-corrected chi connectivity index (χ3v) is 2.21. The van der Waals surface area contributed by atoms with E-state index < -0.39 is 0 Å². The molecule has 4 nitrogen and oxygen atoms in total. The minimum atomic E-state index is 0.808. The van der Waals surface area contributed by atoms with Gasteiger partial charge in [-0.1, -0.05) is 0 Å². The molecule has 0 radical (unpaired) electrons. The van der Waals surface area contributed by atoms with Crippen molar-refractivity contribution in [1.29, 1.82) is 0 Å². The second kappa shape index (κ2) is 8.44. The highest BCUT2D eigenvalue weighted by molar-refractivity contribution is 4.73. The molecule has 0 aliphatic rings. The molecule has 0 amide bonds. The first-order valence-corrected chi connectivity index (χ1v) is 5.67. The largest absolute Gasteiger partial charge is 0.380 e. The van der Waals surface area contributed by atoms with E-state index >= 15 is 0 Å². The van der Waals surface area contributed by atoms with Crippen molar-refractivity contribution in [1.82, 2.24) is 14.9 Å². The van der Waals surface area contributed by atoms with Crippen LogP contribution in [0, 0.1) is 0 Å². The number of aryl methyl sites for hydroxylation is 1. The van der Waals surface area contributed by atoms with Gasteiger partial charge < -0.3 is 14.6 Å². The number of nitrogens with zero attached hydrogens (tertiary/aromatic N) is 2. The number of unbranched alkanes of at least 4 members (excludes halogenated alkanes) is 1. The van der Waals surface area contributed by atoms with Crippen LogP contribution in [0.4, 0.5) is 0 Å². The fourth-order valence-corrected chi connectivity index (χ4v) is 1.38. The monoisotopic (exact) mass is 211 g/mol. The quantitative estimate of drug-likeness (QED) is 0.626. The summed E-state index contributed by atoms with van der Waals surface area (Å²) < 4.78 is 7.34. The Morgan fingerprint density at radius 1 is 1.33 bits per heavy atom. The van der Waals surface area contributed by atoms with E-state index in [9.17, 15) is 0 Å². The highest BCUT2D eigenvalue weighted by Gasteiger charge is 1.91. The molecule has 0 atom stereocenters. The summed E-state index contributed by atoms with van der Waals surface area (Å²) in [6, 6.07) is 0. The van der Waals surface area contributed by atoms with Crippen molar-refractivity contribution in [3.63, 3.8) is 0 Å². The maximum atomic E-state index is 5.22. The Morgan fingerprint density at radius 2 is 2.27 bits per heavy atom. The van der Waals surface area contributed by atoms with Gasteiger partial charge in [0.2, 0.25) is 0 Å². The van der Waals surface area contributed by atoms with Gasteiger partial charge in [-0.05, 0) is 26.3 Å². The van der Waals surface area contributed by atoms with Crippen LogP contribution < -0.4 is 5.32 Å². The molecule has 1 aromatic rings. The fourth-order valence-electron chi connectivity index (χ4n) is 1.38. The first-order chi connectivity index (χ1) is 7.43. The van der Waals surface area contributed by atoms with Crippen LogP contribution in [0.2, 0.25) is 0 Å². The summed E-state index contributed by atoms with van der Waals surface area (Å²) in [5.41, 5.74) is 0. The van der Waals surface area contributed by atoms with E-state index in [1.807, 2.05) is 25.6 Å². The summed E-state index contributed by atoms with van der Waals surface area (Å²) >= 11 is 0. The lowest BCUT2D eigenvalue weighted by Crippen LogP contribution is -2.21. The Kier molecular flexibility index (Phi) is 6.86. The van der Waals surface area contributed by atoms with Crippen molar-refractivity contribution in [2.24, 2.45) is 0 Å². The molecule has 0 bridgehead atoms. The SMILES string of the molecule is CCOCCNCCCCn1ccnc1. The summed E-state index contributed by atoms with van der Waals surface area (Å²) in [5, 5.41) is 3.35. The predicted molar refractivity (Wildman–Crippen MR) is 60.8 cm³/mol. The zero-order chi connectivity index (χ0) is 10.8. The molecular formula is C11H21N3O. The van der Waals surface area contributed by atoms with E-state index in [2.05, 4.69) is 14.9 Å². The Morgan fingerprint density at radius 3 is 3.00 bits per heavy atom. The Bertz CT molecular complexity index is 224. The molecule has 15 heavy (non-hydrogen) atoms. The van der Waals surface area contributed by atoms with Gasteiger partial charge in [0.15, 0.2) is 0 Å². The maximum absolute atomic E-state index is 5.22. The van der Waals surface area contributed by atoms with E-state index in [1.165, 1.54) is 12.8 Å². The standard InChI is InChI=1S/C11H21N3O/c1-2-15-10-7-12-5-3-4-8-14-9-6-13-11-14/h6,9,11-12H,2-5,7-8,10H2,1H3. The second-order valence-electron chi connectivity index (χ2n) is 3.45. The van der Waals surface area contributed by atoms with Gasteiger partial charge >= 0.3 is 0 Å². The third-order valence-electron chi connectivity index (χ3n) is 2.21. The highest BCUT2D eigenvalue weighted by Crippen LogP contribution is 1.93. The lowest BCUT2D eigenvalue weighted by atomic mass is 10.3. The number of hydrogen-bond acceptors (Lipinski definition) is 3. The van der Waals surface area contributed by atoms with E-state index in [0.717, 1.165) is 32.8 Å². The van der Waals surface area contributed by atoms with Gasteiger partial charge in [-0.2, -0.15) is 0 Å². The topological polar surface area (TPSA) is 39.1 Å². The molecule has 0 fully saturated rings. The lowest BCUT2D eigenvalue weighted by molar-refractivity contribution is 0.149. The van der Waals surface area contributed by atoms with E-state index in [1.54, 1.807) is 0 Å². The van der Waals surface area contributed by atoms with Gasteiger partial charge in [0.1, 0.15) is 0 Å². The molecular weight excluding hydrogens is 190 g/mol. The minimum absolute atomic E-state index is 0.808. The smallest absolute Gasteiger partial charge is 0.0945 e. The molecule has 1 rings (SSSR count). The van der Waals surface area contributed by atoms with Crippen LogP contribution in [-0.2, 0) is 11.3 Å². The number of nitrogens with one attached hydrogen (secondary N) is 1. The number of aromatic nitrogens is 2. The zero-order valence-electron chi connectivity index (χ0n) is 9.48. The Hall–Kier alpha value is -0.870. The predicted octanol–water partition coefficient (Wildman–Crippen LogP) is 1.29. The number of hydrogen-bond donors (Lipinski definition) is 1. The van der Waals surface area contributed by atoms with Gasteiger partial charge in [-0.25, -0.2) is 4.98 Å². The fraction of sp³-hybridized carbons (Fsp3) is 0.727. The molecule has 0 saturated heterocycles. The molecule has 0 spiro atoms. The first-order valence-electron chi connectivity index (χ1n) is 5.67. The molecule has 0 unspecified atom stereocenters. The van der Waals surface area contributed by atoms with Crippen LogP contribution in [0.15, 0.2) is 18.7 Å². The molecule has 1 aromatic heterocycles. The van der Waals surface area contributed by atoms with Gasteiger partial charge in [-0.3, -0.25) is 0 Å². The summed E-state index contributed by atoms with van der Waals surface area (Å²) in [5.74, 6) is 0. The summed E-state index contributed by atoms with van der Waals surface area (Å²) in [6.45, 7) is 6.74. The van der Waals surface area contributed by atoms with E-state index in [0.29, 0.717) is 0 Å². The molecule has 4 heteroatoms. The molecule has 0 aliphatic carbocycles. The van der Waals surface area contributed by atoms with E-state index in [4.69, 9.17) is 4.74 Å². The summed E-state index contributed by atoms with van der Waals surface area (Å²) in [6.07, 6.45) is 8.08. The van der Waals surface area contributed by atoms with Crippen LogP contribution in [0.1, 0.15) is 19.8 Å². The van der Waals surface area contributed by atoms with Crippen LogP contribution in [0.25, 0.3) is 0 Å². The minimum Gasteiger partial charge on any atom is -0.380 e. The Labute approximate surface area is 91.7 Å². The van der Waals surface area contributed by atoms with Crippen molar-refractivity contribution < 1.29 is 4.74 Å². The van der Waals surface area contributed by atoms with Crippen molar-refractivity contribution in [2.45, 2.75) is 26.3 Å². The van der Waals surface area contributed by atoms with Gasteiger partial charge in [-0.15, -0.1) is 0 Å². The highest BCUT2D eigenvalue weighted by atomic mass is 16.5. The molecule has 0 saturated carbocycles. The third kappa shape index (κ3) is 6.25. The van der Waals surface area contributed by atoms with Crippen LogP contribution in [0.5, 0.6) is 0 Å². The average molecular weight is 211 g/mol. The summed E-state index contributed by atoms with van der Waals surface area (Å²) in [4.78, 5) is 4.00. The molecule has 86 valence electrons. The van der Waals surface area contributed by atoms with Crippen LogP contribution >= 0.6 is 0 Å². The van der Waals surface area contributed by atoms with Crippen LogP contribution in [0.3, 0.4) is 0 Å². The molecule has 1 heterocycles. The Balaban J connectivity index is 1.81. The first kappa shape index (κ1) is 12.2. The van der Waals surface area contributed by atoms with Crippen molar-refractivity contribution >= 4 is 0 Å². The lowest BCUT2D eigenvalue weighted by Gasteiger charge is -2.05. The molecule has 1 N–H and O–H groups in total. The number of imidazole rings is 1. The van der Waals surface area contributed by atoms with Crippen molar-refractivity contribution in [3.8, 4) is 0 Å². The van der Waals surface area contributed by atoms with Gasteiger partial charge in [0.05, 0.1) is 12.9 Å². The normalized spacial score (nSPS) is 10.7. The zero-order valence-corrected chi connectivity index (χ0v) is 9.48. The molecule has 0 aromatic carbocycles. The van der Waals surface area contributed by atoms with E-state index in [-0.39, 0.29) is 0 Å². The van der Waals surface area contributed by atoms with Crippen molar-refractivity contribution in [3.05, 3.63) is 18.7 Å². The molecule has 0 aliphatic heterocycles. The van der Waals surface area contributed by atoms with Crippen LogP contribution in [-0.4, -0.2) is 35.9 Å². The van der Waals surface area contributed by atoms with Gasteiger partial charge in [0, 0.05) is 32.1 Å². The maximum Gasteiger partial charge on any atom is 0.0945 e. The van der Waals surface area contributed by atoms with Gasteiger partial charge in [0.25, 0.3) is 0 Å². The number of rotatable bonds is 9. The average Bonchev–Trinajstić information content (AvgIpc) is 2.75. The summed E-state index contributed by atoms with van der Waals surface area (Å²) in [7, 11) is 0. The second-order valence-corrected chi connectivity index (χ2v) is 3.45. The van der Waals surface area contributed by atoms with Crippen molar-refractivity contribution in [2.75, 3.05) is 26.3 Å².